The minimum Gasteiger partial charge on any atom is -0.328 e. The van der Waals surface area contributed by atoms with Crippen LogP contribution in [-0.2, 0) is 0 Å². The largest absolute Gasteiger partial charge is 0.328 e. The lowest BCUT2D eigenvalue weighted by Crippen LogP contribution is -2.31. The molecular formula is C23H46N2. The zero-order chi connectivity index (χ0) is 17.9. The predicted molar refractivity (Wildman–Crippen MR) is 111 cm³/mol. The molecule has 0 spiro atoms. The molecule has 148 valence electrons. The average Bonchev–Trinajstić information content (AvgIpc) is 2.64. The molecule has 2 fully saturated rings. The third-order valence-corrected chi connectivity index (χ3v) is 7.32. The molecular weight excluding hydrogens is 304 g/mol. The minimum atomic E-state index is 0.491. The lowest BCUT2D eigenvalue weighted by Gasteiger charge is -2.30. The van der Waals surface area contributed by atoms with Gasteiger partial charge in [0.1, 0.15) is 0 Å². The average molecular weight is 351 g/mol. The highest BCUT2D eigenvalue weighted by molar-refractivity contribution is 4.78. The highest BCUT2D eigenvalue weighted by Crippen LogP contribution is 2.32. The van der Waals surface area contributed by atoms with Crippen molar-refractivity contribution >= 4 is 0 Å². The summed E-state index contributed by atoms with van der Waals surface area (Å²) in [6.45, 7) is 2.48. The van der Waals surface area contributed by atoms with Crippen LogP contribution >= 0.6 is 0 Å². The summed E-state index contributed by atoms with van der Waals surface area (Å²) in [7, 11) is 0. The molecule has 4 N–H and O–H groups in total. The van der Waals surface area contributed by atoms with Gasteiger partial charge in [-0.2, -0.15) is 0 Å². The van der Waals surface area contributed by atoms with Crippen molar-refractivity contribution in [2.24, 2.45) is 29.2 Å². The topological polar surface area (TPSA) is 52.0 Å². The molecule has 2 atom stereocenters. The standard InChI is InChI=1S/C23H46N2/c1-19(20-15-17-22(24)18-16-20)11-7-4-2-3-5-10-14-23(25)21-12-8-6-9-13-21/h19-23H,2-18,24-25H2,1H3. The molecule has 0 aromatic carbocycles. The molecule has 0 aliphatic heterocycles. The van der Waals surface area contributed by atoms with E-state index in [2.05, 4.69) is 6.92 Å². The first-order valence-electron chi connectivity index (χ1n) is 11.7. The molecule has 2 unspecified atom stereocenters. The van der Waals surface area contributed by atoms with Crippen molar-refractivity contribution in [1.82, 2.24) is 0 Å². The molecule has 0 radical (unpaired) electrons. The van der Waals surface area contributed by atoms with Crippen LogP contribution < -0.4 is 11.5 Å². The van der Waals surface area contributed by atoms with Gasteiger partial charge < -0.3 is 11.5 Å². The molecule has 25 heavy (non-hydrogen) atoms. The van der Waals surface area contributed by atoms with Gasteiger partial charge in [-0.3, -0.25) is 0 Å². The molecule has 2 aliphatic carbocycles. The second kappa shape index (κ2) is 12.3. The van der Waals surface area contributed by atoms with E-state index in [1.54, 1.807) is 0 Å². The Kier molecular flexibility index (Phi) is 10.5. The highest BCUT2D eigenvalue weighted by atomic mass is 14.6. The monoisotopic (exact) mass is 350 g/mol. The van der Waals surface area contributed by atoms with Crippen molar-refractivity contribution < 1.29 is 0 Å². The van der Waals surface area contributed by atoms with E-state index in [9.17, 15) is 0 Å². The summed E-state index contributed by atoms with van der Waals surface area (Å²) >= 11 is 0. The molecule has 0 aromatic rings. The van der Waals surface area contributed by atoms with E-state index in [0.29, 0.717) is 12.1 Å². The highest BCUT2D eigenvalue weighted by Gasteiger charge is 2.23. The molecule has 0 bridgehead atoms. The number of unbranched alkanes of at least 4 members (excludes halogenated alkanes) is 5. The molecule has 0 amide bonds. The second-order valence-corrected chi connectivity index (χ2v) is 9.41. The van der Waals surface area contributed by atoms with Crippen LogP contribution in [-0.4, -0.2) is 12.1 Å². The summed E-state index contributed by atoms with van der Waals surface area (Å²) in [6, 6.07) is 0.986. The molecule has 2 rings (SSSR count). The summed E-state index contributed by atoms with van der Waals surface area (Å²) in [5, 5.41) is 0. The van der Waals surface area contributed by atoms with Crippen LogP contribution in [0.1, 0.15) is 116 Å². The summed E-state index contributed by atoms with van der Waals surface area (Å²) in [5.74, 6) is 2.71. The first-order chi connectivity index (χ1) is 12.2. The molecule has 2 aliphatic rings. The van der Waals surface area contributed by atoms with Gasteiger partial charge in [-0.25, -0.2) is 0 Å². The minimum absolute atomic E-state index is 0.491. The van der Waals surface area contributed by atoms with Gasteiger partial charge in [0.2, 0.25) is 0 Å². The van der Waals surface area contributed by atoms with Crippen LogP contribution in [0.5, 0.6) is 0 Å². The maximum absolute atomic E-state index is 6.42. The zero-order valence-corrected chi connectivity index (χ0v) is 17.1. The van der Waals surface area contributed by atoms with Crippen LogP contribution in [0, 0.1) is 17.8 Å². The van der Waals surface area contributed by atoms with Gasteiger partial charge in [-0.1, -0.05) is 71.1 Å². The SMILES string of the molecule is CC(CCCCCCCCC(N)C1CCCCC1)C1CCC(N)CC1. The number of hydrogen-bond acceptors (Lipinski definition) is 2. The van der Waals surface area contributed by atoms with Crippen LogP contribution in [0.25, 0.3) is 0 Å². The maximum atomic E-state index is 6.42. The molecule has 2 nitrogen and oxygen atoms in total. The fraction of sp³-hybridized carbons (Fsp3) is 1.00. The number of hydrogen-bond donors (Lipinski definition) is 2. The second-order valence-electron chi connectivity index (χ2n) is 9.41. The van der Waals surface area contributed by atoms with Crippen molar-refractivity contribution in [2.75, 3.05) is 0 Å². The normalized spacial score (nSPS) is 28.0. The van der Waals surface area contributed by atoms with Gasteiger partial charge in [0.05, 0.1) is 0 Å². The Morgan fingerprint density at radius 1 is 0.680 bits per heavy atom. The fourth-order valence-electron chi connectivity index (χ4n) is 5.30. The zero-order valence-electron chi connectivity index (χ0n) is 17.1. The lowest BCUT2D eigenvalue weighted by atomic mass is 9.77. The van der Waals surface area contributed by atoms with E-state index < -0.39 is 0 Å². The third kappa shape index (κ3) is 8.43. The Balaban J connectivity index is 1.39. The molecule has 2 saturated carbocycles. The van der Waals surface area contributed by atoms with Crippen molar-refractivity contribution in [3.8, 4) is 0 Å². The molecule has 2 heteroatoms. The van der Waals surface area contributed by atoms with Gasteiger partial charge in [-0.15, -0.1) is 0 Å². The lowest BCUT2D eigenvalue weighted by molar-refractivity contribution is 0.232. The Hall–Kier alpha value is -0.0800. The van der Waals surface area contributed by atoms with Crippen LogP contribution in [0.15, 0.2) is 0 Å². The summed E-state index contributed by atoms with van der Waals surface area (Å²) in [4.78, 5) is 0. The third-order valence-electron chi connectivity index (χ3n) is 7.32. The summed E-state index contributed by atoms with van der Waals surface area (Å²) in [6.07, 6.45) is 23.5. The quantitative estimate of drug-likeness (QED) is 0.438. The Morgan fingerprint density at radius 2 is 1.24 bits per heavy atom. The molecule has 0 saturated heterocycles. The Morgan fingerprint density at radius 3 is 1.88 bits per heavy atom. The van der Waals surface area contributed by atoms with E-state index in [1.165, 1.54) is 109 Å². The Labute approximate surface area is 157 Å². The number of rotatable bonds is 11. The maximum Gasteiger partial charge on any atom is 0.00671 e. The van der Waals surface area contributed by atoms with Crippen molar-refractivity contribution in [1.29, 1.82) is 0 Å². The Bertz CT molecular complexity index is 316. The predicted octanol–water partition coefficient (Wildman–Crippen LogP) is 6.17. The van der Waals surface area contributed by atoms with Gasteiger partial charge >= 0.3 is 0 Å². The van der Waals surface area contributed by atoms with Crippen LogP contribution in [0.4, 0.5) is 0 Å². The van der Waals surface area contributed by atoms with E-state index >= 15 is 0 Å². The van der Waals surface area contributed by atoms with E-state index in [4.69, 9.17) is 11.5 Å². The van der Waals surface area contributed by atoms with Gasteiger partial charge in [0, 0.05) is 12.1 Å². The molecule has 0 aromatic heterocycles. The van der Waals surface area contributed by atoms with E-state index in [-0.39, 0.29) is 0 Å². The van der Waals surface area contributed by atoms with Gasteiger partial charge in [0.15, 0.2) is 0 Å². The molecule has 0 heterocycles. The van der Waals surface area contributed by atoms with Crippen LogP contribution in [0.3, 0.4) is 0 Å². The first kappa shape index (κ1) is 21.2. The van der Waals surface area contributed by atoms with Crippen molar-refractivity contribution in [3.05, 3.63) is 0 Å². The fourth-order valence-corrected chi connectivity index (χ4v) is 5.30. The smallest absolute Gasteiger partial charge is 0.00671 e. The van der Waals surface area contributed by atoms with Gasteiger partial charge in [0.25, 0.3) is 0 Å². The van der Waals surface area contributed by atoms with E-state index in [1.807, 2.05) is 0 Å². The first-order valence-corrected chi connectivity index (χ1v) is 11.7. The van der Waals surface area contributed by atoms with Crippen molar-refractivity contribution in [3.63, 3.8) is 0 Å². The van der Waals surface area contributed by atoms with Gasteiger partial charge in [-0.05, 0) is 62.7 Å². The van der Waals surface area contributed by atoms with Crippen molar-refractivity contribution in [2.45, 2.75) is 128 Å². The number of nitrogens with two attached hydrogens (primary N) is 2. The van der Waals surface area contributed by atoms with Crippen LogP contribution in [0.2, 0.25) is 0 Å². The van der Waals surface area contributed by atoms with E-state index in [0.717, 1.165) is 17.8 Å². The summed E-state index contributed by atoms with van der Waals surface area (Å²) in [5.41, 5.74) is 12.4. The summed E-state index contributed by atoms with van der Waals surface area (Å²) < 4.78 is 0.